The molecule has 1 aromatic rings. The predicted molar refractivity (Wildman–Crippen MR) is 93.3 cm³/mol. The van der Waals surface area contributed by atoms with Gasteiger partial charge in [0.25, 0.3) is 0 Å². The van der Waals surface area contributed by atoms with Gasteiger partial charge in [0.1, 0.15) is 11.6 Å². The van der Waals surface area contributed by atoms with Crippen LogP contribution in [0.3, 0.4) is 0 Å². The topological polar surface area (TPSA) is 16.1 Å². The van der Waals surface area contributed by atoms with Crippen LogP contribution in [0.5, 0.6) is 0 Å². The zero-order valence-corrected chi connectivity index (χ0v) is 14.9. The molecule has 0 N–H and O–H groups in total. The van der Waals surface area contributed by atoms with Crippen LogP contribution in [-0.2, 0) is 12.8 Å². The van der Waals surface area contributed by atoms with Gasteiger partial charge >= 0.3 is 0 Å². The second kappa shape index (κ2) is 6.76. The maximum Gasteiger partial charge on any atom is 0.132 e. The number of rotatable bonds is 3. The molecule has 0 bridgehead atoms. The van der Waals surface area contributed by atoms with E-state index in [1.807, 2.05) is 0 Å². The zero-order valence-electron chi connectivity index (χ0n) is 14.9. The van der Waals surface area contributed by atoms with Crippen molar-refractivity contribution in [1.82, 2.24) is 4.98 Å². The standard InChI is InChI=1S/C19H31FN3/c1-4-23(15(2)3)12-10-22(11-13-23)19-14-17(20)16-8-6-5-7-9-18(16)21-19/h14-15H,4-13H2,1-3H3/q+1. The van der Waals surface area contributed by atoms with Crippen molar-refractivity contribution in [3.63, 3.8) is 0 Å². The number of likely N-dealkylation sites (N-methyl/N-ethyl adjacent to an activating group) is 1. The highest BCUT2D eigenvalue weighted by atomic mass is 19.1. The van der Waals surface area contributed by atoms with E-state index >= 15 is 0 Å². The first-order valence-corrected chi connectivity index (χ1v) is 9.35. The maximum absolute atomic E-state index is 14.5. The maximum atomic E-state index is 14.5. The van der Waals surface area contributed by atoms with Gasteiger partial charge in [-0.3, -0.25) is 0 Å². The Labute approximate surface area is 140 Å². The second-order valence-electron chi connectivity index (χ2n) is 7.51. The molecule has 1 aliphatic carbocycles. The molecule has 1 saturated heterocycles. The summed E-state index contributed by atoms with van der Waals surface area (Å²) in [6, 6.07) is 2.34. The molecule has 0 radical (unpaired) electrons. The Kier molecular flexibility index (Phi) is 4.90. The first kappa shape index (κ1) is 16.7. The predicted octanol–water partition coefficient (Wildman–Crippen LogP) is 3.55. The van der Waals surface area contributed by atoms with Gasteiger partial charge in [0.2, 0.25) is 0 Å². The molecule has 0 amide bonds. The molecule has 2 aliphatic rings. The van der Waals surface area contributed by atoms with Crippen LogP contribution in [0.25, 0.3) is 0 Å². The lowest BCUT2D eigenvalue weighted by molar-refractivity contribution is -0.946. The monoisotopic (exact) mass is 320 g/mol. The Morgan fingerprint density at radius 3 is 2.52 bits per heavy atom. The molecular formula is C19H31FN3+. The van der Waals surface area contributed by atoms with Crippen LogP contribution in [0.4, 0.5) is 10.2 Å². The largest absolute Gasteiger partial charge is 0.345 e. The number of fused-ring (bicyclic) bond motifs is 1. The average molecular weight is 320 g/mol. The van der Waals surface area contributed by atoms with E-state index in [-0.39, 0.29) is 5.82 Å². The van der Waals surface area contributed by atoms with E-state index in [1.165, 1.54) is 17.4 Å². The van der Waals surface area contributed by atoms with Crippen molar-refractivity contribution in [3.8, 4) is 0 Å². The lowest BCUT2D eigenvalue weighted by Gasteiger charge is -2.47. The van der Waals surface area contributed by atoms with Crippen LogP contribution in [-0.4, -0.2) is 48.2 Å². The van der Waals surface area contributed by atoms with E-state index in [2.05, 4.69) is 25.7 Å². The summed E-state index contributed by atoms with van der Waals surface area (Å²) in [5.74, 6) is 0.832. The Balaban J connectivity index is 1.79. The van der Waals surface area contributed by atoms with E-state index in [0.29, 0.717) is 6.04 Å². The Morgan fingerprint density at radius 2 is 1.87 bits per heavy atom. The third-order valence-corrected chi connectivity index (χ3v) is 6.16. The first-order valence-electron chi connectivity index (χ1n) is 9.35. The van der Waals surface area contributed by atoms with Gasteiger partial charge in [-0.05, 0) is 46.5 Å². The third-order valence-electron chi connectivity index (χ3n) is 6.16. The molecule has 1 aliphatic heterocycles. The molecule has 3 nitrogen and oxygen atoms in total. The molecule has 0 unspecified atom stereocenters. The van der Waals surface area contributed by atoms with Gasteiger partial charge in [-0.2, -0.15) is 0 Å². The van der Waals surface area contributed by atoms with Crippen LogP contribution < -0.4 is 4.90 Å². The number of piperazine rings is 1. The number of hydrogen-bond donors (Lipinski definition) is 0. The SMILES string of the molecule is CC[N+]1(C(C)C)CCN(c2cc(F)c3c(n2)CCCCC3)CC1. The summed E-state index contributed by atoms with van der Waals surface area (Å²) in [5.41, 5.74) is 1.90. The average Bonchev–Trinajstić information content (AvgIpc) is 2.80. The molecule has 1 fully saturated rings. The molecule has 3 rings (SSSR count). The van der Waals surface area contributed by atoms with Crippen LogP contribution in [0.1, 0.15) is 51.3 Å². The molecule has 2 heterocycles. The van der Waals surface area contributed by atoms with Gasteiger partial charge in [0.15, 0.2) is 0 Å². The summed E-state index contributed by atoms with van der Waals surface area (Å²) in [6.45, 7) is 12.3. The Morgan fingerprint density at radius 1 is 1.17 bits per heavy atom. The van der Waals surface area contributed by atoms with Crippen LogP contribution in [0.2, 0.25) is 0 Å². The summed E-state index contributed by atoms with van der Waals surface area (Å²) >= 11 is 0. The zero-order chi connectivity index (χ0) is 16.4. The van der Waals surface area contributed by atoms with E-state index in [4.69, 9.17) is 4.98 Å². The van der Waals surface area contributed by atoms with Crippen molar-refractivity contribution < 1.29 is 8.87 Å². The first-order chi connectivity index (χ1) is 11.1. The number of hydrogen-bond acceptors (Lipinski definition) is 2. The van der Waals surface area contributed by atoms with Gasteiger partial charge in [-0.1, -0.05) is 6.42 Å². The van der Waals surface area contributed by atoms with Crippen LogP contribution in [0.15, 0.2) is 6.07 Å². The lowest BCUT2D eigenvalue weighted by Crippen LogP contribution is -2.62. The highest BCUT2D eigenvalue weighted by Gasteiger charge is 2.34. The molecule has 128 valence electrons. The summed E-state index contributed by atoms with van der Waals surface area (Å²) in [4.78, 5) is 7.15. The molecule has 0 spiro atoms. The van der Waals surface area contributed by atoms with Gasteiger partial charge in [0, 0.05) is 17.3 Å². The molecular weight excluding hydrogens is 289 g/mol. The fraction of sp³-hybridized carbons (Fsp3) is 0.737. The molecule has 1 aromatic heterocycles. The molecule has 0 saturated carbocycles. The minimum absolute atomic E-state index is 0.0300. The highest BCUT2D eigenvalue weighted by molar-refractivity contribution is 5.43. The van der Waals surface area contributed by atoms with Gasteiger partial charge in [0.05, 0.1) is 38.8 Å². The lowest BCUT2D eigenvalue weighted by atomic mass is 10.1. The summed E-state index contributed by atoms with van der Waals surface area (Å²) in [7, 11) is 0. The Hall–Kier alpha value is -1.16. The number of halogens is 1. The minimum Gasteiger partial charge on any atom is -0.345 e. The van der Waals surface area contributed by atoms with Crippen molar-refractivity contribution in [3.05, 3.63) is 23.1 Å². The van der Waals surface area contributed by atoms with Crippen molar-refractivity contribution in [1.29, 1.82) is 0 Å². The van der Waals surface area contributed by atoms with Crippen molar-refractivity contribution in [2.45, 2.75) is 58.9 Å². The highest BCUT2D eigenvalue weighted by Crippen LogP contribution is 2.27. The number of aromatic nitrogens is 1. The summed E-state index contributed by atoms with van der Waals surface area (Å²) in [5, 5.41) is 0. The number of aryl methyl sites for hydroxylation is 1. The van der Waals surface area contributed by atoms with Crippen molar-refractivity contribution >= 4 is 5.82 Å². The van der Waals surface area contributed by atoms with Crippen LogP contribution in [0, 0.1) is 5.82 Å². The summed E-state index contributed by atoms with van der Waals surface area (Å²) in [6.07, 6.45) is 5.23. The van der Waals surface area contributed by atoms with Gasteiger partial charge < -0.3 is 9.38 Å². The van der Waals surface area contributed by atoms with E-state index in [1.54, 1.807) is 6.07 Å². The number of nitrogens with zero attached hydrogens (tertiary/aromatic N) is 3. The Bertz CT molecular complexity index is 548. The quantitative estimate of drug-likeness (QED) is 0.625. The minimum atomic E-state index is -0.0300. The molecule has 0 aromatic carbocycles. The number of quaternary nitrogens is 1. The third kappa shape index (κ3) is 3.23. The number of pyridine rings is 1. The summed E-state index contributed by atoms with van der Waals surface area (Å²) < 4.78 is 15.7. The fourth-order valence-electron chi connectivity index (χ4n) is 4.27. The van der Waals surface area contributed by atoms with E-state index < -0.39 is 0 Å². The number of anilines is 1. The van der Waals surface area contributed by atoms with E-state index in [9.17, 15) is 4.39 Å². The normalized spacial score (nSPS) is 21.2. The van der Waals surface area contributed by atoms with Gasteiger partial charge in [-0.25, -0.2) is 9.37 Å². The van der Waals surface area contributed by atoms with Crippen LogP contribution >= 0.6 is 0 Å². The molecule has 4 heteroatoms. The van der Waals surface area contributed by atoms with Gasteiger partial charge in [-0.15, -0.1) is 0 Å². The molecule has 0 atom stereocenters. The van der Waals surface area contributed by atoms with E-state index in [0.717, 1.165) is 68.9 Å². The second-order valence-corrected chi connectivity index (χ2v) is 7.51. The van der Waals surface area contributed by atoms with Crippen molar-refractivity contribution in [2.24, 2.45) is 0 Å². The van der Waals surface area contributed by atoms with Crippen molar-refractivity contribution in [2.75, 3.05) is 37.6 Å². The smallest absolute Gasteiger partial charge is 0.132 e. The fourth-order valence-corrected chi connectivity index (χ4v) is 4.27. The molecule has 23 heavy (non-hydrogen) atoms.